The van der Waals surface area contributed by atoms with Crippen LogP contribution >= 0.6 is 11.3 Å². The Morgan fingerprint density at radius 3 is 2.17 bits per heavy atom. The molecule has 194 valence electrons. The van der Waals surface area contributed by atoms with Crippen LogP contribution in [0.25, 0.3) is 10.2 Å². The van der Waals surface area contributed by atoms with Crippen LogP contribution in [0.5, 0.6) is 0 Å². The molecule has 0 aliphatic heterocycles. The van der Waals surface area contributed by atoms with Gasteiger partial charge in [0, 0.05) is 25.7 Å². The fraction of sp³-hybridized carbons (Fsp3) is 0.423. The first-order chi connectivity index (χ1) is 17.2. The van der Waals surface area contributed by atoms with Gasteiger partial charge in [-0.25, -0.2) is 13.2 Å². The molecule has 0 saturated carbocycles. The van der Waals surface area contributed by atoms with Gasteiger partial charge in [-0.2, -0.15) is 9.30 Å². The van der Waals surface area contributed by atoms with E-state index in [0.717, 1.165) is 35.9 Å². The Morgan fingerprint density at radius 2 is 1.58 bits per heavy atom. The summed E-state index contributed by atoms with van der Waals surface area (Å²) in [5.74, 6) is -0.872. The van der Waals surface area contributed by atoms with Crippen molar-refractivity contribution in [2.75, 3.05) is 19.7 Å². The van der Waals surface area contributed by atoms with Crippen molar-refractivity contribution in [3.63, 3.8) is 0 Å². The van der Waals surface area contributed by atoms with E-state index in [1.807, 2.05) is 13.8 Å². The van der Waals surface area contributed by atoms with Gasteiger partial charge < -0.3 is 9.30 Å². The minimum atomic E-state index is -3.63. The van der Waals surface area contributed by atoms with Gasteiger partial charge in [0.2, 0.25) is 10.0 Å². The molecule has 36 heavy (non-hydrogen) atoms. The summed E-state index contributed by atoms with van der Waals surface area (Å²) in [6.07, 6.45) is 3.41. The second-order valence-electron chi connectivity index (χ2n) is 8.40. The summed E-state index contributed by atoms with van der Waals surface area (Å²) in [5, 5.41) is 0. The van der Waals surface area contributed by atoms with Crippen molar-refractivity contribution in [2.24, 2.45) is 12.0 Å². The number of hydrogen-bond acceptors (Lipinski definition) is 6. The van der Waals surface area contributed by atoms with Crippen molar-refractivity contribution in [1.82, 2.24) is 8.87 Å². The van der Waals surface area contributed by atoms with Crippen molar-refractivity contribution >= 4 is 43.5 Å². The van der Waals surface area contributed by atoms with Gasteiger partial charge in [-0.15, -0.1) is 0 Å². The second-order valence-corrected chi connectivity index (χ2v) is 11.3. The molecule has 3 rings (SSSR count). The molecule has 1 amide bonds. The number of nitrogens with zero attached hydrogens (tertiary/aromatic N) is 3. The molecular weight excluding hydrogens is 498 g/mol. The van der Waals surface area contributed by atoms with E-state index < -0.39 is 21.9 Å². The van der Waals surface area contributed by atoms with Crippen molar-refractivity contribution in [3.8, 4) is 0 Å². The third-order valence-electron chi connectivity index (χ3n) is 5.78. The van der Waals surface area contributed by atoms with Gasteiger partial charge in [0.25, 0.3) is 5.91 Å². The number of fused-ring (bicyclic) bond motifs is 1. The first-order valence-electron chi connectivity index (χ1n) is 12.2. The summed E-state index contributed by atoms with van der Waals surface area (Å²) in [6.45, 7) is 7.07. The average Bonchev–Trinajstić information content (AvgIpc) is 3.18. The van der Waals surface area contributed by atoms with Gasteiger partial charge in [0.15, 0.2) is 4.80 Å². The molecule has 8 nitrogen and oxygen atoms in total. The van der Waals surface area contributed by atoms with Gasteiger partial charge in [-0.3, -0.25) is 4.79 Å². The van der Waals surface area contributed by atoms with Crippen LogP contribution < -0.4 is 4.80 Å². The van der Waals surface area contributed by atoms with E-state index in [1.54, 1.807) is 36.7 Å². The molecule has 3 aromatic rings. The van der Waals surface area contributed by atoms with E-state index in [4.69, 9.17) is 4.74 Å². The third-order valence-corrected chi connectivity index (χ3v) is 8.79. The molecule has 0 spiro atoms. The molecule has 0 aliphatic carbocycles. The number of aryl methyl sites for hydroxylation is 1. The van der Waals surface area contributed by atoms with Gasteiger partial charge in [0.1, 0.15) is 0 Å². The maximum atomic E-state index is 13.2. The molecule has 10 heteroatoms. The highest BCUT2D eigenvalue weighted by Crippen LogP contribution is 2.20. The lowest BCUT2D eigenvalue weighted by molar-refractivity contribution is 0.0526. The van der Waals surface area contributed by atoms with E-state index in [1.165, 1.54) is 39.9 Å². The number of ether oxygens (including phenoxy) is 1. The Morgan fingerprint density at radius 1 is 0.972 bits per heavy atom. The largest absolute Gasteiger partial charge is 0.462 e. The lowest BCUT2D eigenvalue weighted by Gasteiger charge is -2.22. The van der Waals surface area contributed by atoms with Gasteiger partial charge in [-0.1, -0.05) is 38.0 Å². The zero-order valence-electron chi connectivity index (χ0n) is 21.2. The van der Waals surface area contributed by atoms with E-state index in [2.05, 4.69) is 4.99 Å². The smallest absolute Gasteiger partial charge is 0.338 e. The van der Waals surface area contributed by atoms with Crippen LogP contribution in [0, 0.1) is 0 Å². The molecule has 0 bridgehead atoms. The normalized spacial score (nSPS) is 12.4. The van der Waals surface area contributed by atoms with Crippen LogP contribution in [0.15, 0.2) is 52.4 Å². The Balaban J connectivity index is 1.86. The fourth-order valence-corrected chi connectivity index (χ4v) is 6.25. The van der Waals surface area contributed by atoms with Crippen molar-refractivity contribution in [3.05, 3.63) is 58.4 Å². The number of esters is 1. The van der Waals surface area contributed by atoms with Gasteiger partial charge in [0.05, 0.1) is 27.3 Å². The number of aromatic nitrogens is 1. The first kappa shape index (κ1) is 27.8. The van der Waals surface area contributed by atoms with E-state index in [0.29, 0.717) is 35.6 Å². The monoisotopic (exact) mass is 531 g/mol. The highest BCUT2D eigenvalue weighted by atomic mass is 32.2. The average molecular weight is 532 g/mol. The number of benzene rings is 2. The minimum absolute atomic E-state index is 0.171. The molecule has 1 heterocycles. The number of sulfonamides is 1. The molecular formula is C26H33N3O5S2. The van der Waals surface area contributed by atoms with Crippen molar-refractivity contribution < 1.29 is 22.7 Å². The third kappa shape index (κ3) is 6.29. The minimum Gasteiger partial charge on any atom is -0.462 e. The molecule has 0 radical (unpaired) electrons. The van der Waals surface area contributed by atoms with Crippen molar-refractivity contribution in [2.45, 2.75) is 51.3 Å². The van der Waals surface area contributed by atoms with Gasteiger partial charge >= 0.3 is 5.97 Å². The summed E-state index contributed by atoms with van der Waals surface area (Å²) in [5.41, 5.74) is 1.57. The summed E-state index contributed by atoms with van der Waals surface area (Å²) >= 11 is 1.29. The topological polar surface area (TPSA) is 98.0 Å². The summed E-state index contributed by atoms with van der Waals surface area (Å²) < 4.78 is 35.5. The summed E-state index contributed by atoms with van der Waals surface area (Å²) in [6, 6.07) is 11.2. The number of unbranched alkanes of at least 4 members (excludes halogenated alkanes) is 2. The molecule has 0 N–H and O–H groups in total. The maximum Gasteiger partial charge on any atom is 0.338 e. The summed E-state index contributed by atoms with van der Waals surface area (Å²) in [7, 11) is -1.84. The lowest BCUT2D eigenvalue weighted by Crippen LogP contribution is -2.33. The second kappa shape index (κ2) is 12.4. The standard InChI is InChI=1S/C26H33N3O5S2/c1-5-8-16-29(17-9-6-2)36(32,33)21-13-10-19(11-14-21)24(30)27-26-28(4)22-15-12-20(18-23(22)35-26)25(31)34-7-3/h10-15,18H,5-9,16-17H2,1-4H3. The highest BCUT2D eigenvalue weighted by molar-refractivity contribution is 7.89. The van der Waals surface area contributed by atoms with Crippen LogP contribution in [0.1, 0.15) is 67.2 Å². The number of amides is 1. The number of carbonyl (C=O) groups is 2. The Labute approximate surface area is 216 Å². The Kier molecular flexibility index (Phi) is 9.58. The van der Waals surface area contributed by atoms with Crippen LogP contribution in [0.4, 0.5) is 0 Å². The molecule has 1 aromatic heterocycles. The van der Waals surface area contributed by atoms with E-state index in [9.17, 15) is 18.0 Å². The molecule has 0 fully saturated rings. The number of hydrogen-bond donors (Lipinski definition) is 0. The highest BCUT2D eigenvalue weighted by Gasteiger charge is 2.23. The quantitative estimate of drug-likeness (QED) is 0.333. The predicted octanol–water partition coefficient (Wildman–Crippen LogP) is 4.75. The first-order valence-corrected chi connectivity index (χ1v) is 14.4. The molecule has 2 aromatic carbocycles. The van der Waals surface area contributed by atoms with E-state index >= 15 is 0 Å². The van der Waals surface area contributed by atoms with Crippen LogP contribution in [-0.4, -0.2) is 48.9 Å². The Hall–Kier alpha value is -2.82. The molecule has 0 saturated heterocycles. The van der Waals surface area contributed by atoms with Crippen LogP contribution in [-0.2, 0) is 21.8 Å². The predicted molar refractivity (Wildman–Crippen MR) is 142 cm³/mol. The van der Waals surface area contributed by atoms with Gasteiger partial charge in [-0.05, 0) is 62.2 Å². The molecule has 0 atom stereocenters. The lowest BCUT2D eigenvalue weighted by atomic mass is 10.2. The van der Waals surface area contributed by atoms with E-state index in [-0.39, 0.29) is 4.90 Å². The van der Waals surface area contributed by atoms with Crippen molar-refractivity contribution in [1.29, 1.82) is 0 Å². The zero-order valence-corrected chi connectivity index (χ0v) is 22.8. The SMILES string of the molecule is CCCCN(CCCC)S(=O)(=O)c1ccc(C(=O)N=c2sc3cc(C(=O)OCC)ccc3n2C)cc1. The summed E-state index contributed by atoms with van der Waals surface area (Å²) in [4.78, 5) is 29.8. The van der Waals surface area contributed by atoms with Crippen LogP contribution in [0.2, 0.25) is 0 Å². The number of rotatable bonds is 11. The van der Waals surface area contributed by atoms with Crippen LogP contribution in [0.3, 0.4) is 0 Å². The maximum absolute atomic E-state index is 13.2. The zero-order chi connectivity index (χ0) is 26.3. The Bertz CT molecular complexity index is 1380. The molecule has 0 unspecified atom stereocenters. The molecule has 0 aliphatic rings. The number of carbonyl (C=O) groups excluding carboxylic acids is 2. The number of thiazole rings is 1. The fourth-order valence-electron chi connectivity index (χ4n) is 3.67.